The molecule has 98 valence electrons. The Kier molecular flexibility index (Phi) is 3.73. The number of carbonyl (C=O) groups excluding carboxylic acids is 1. The molecule has 1 saturated carbocycles. The summed E-state index contributed by atoms with van der Waals surface area (Å²) in [5, 5.41) is 0. The van der Waals surface area contributed by atoms with Gasteiger partial charge in [0.25, 0.3) is 0 Å². The Morgan fingerprint density at radius 2 is 1.89 bits per heavy atom. The van der Waals surface area contributed by atoms with Gasteiger partial charge in [0.15, 0.2) is 5.78 Å². The van der Waals surface area contributed by atoms with Gasteiger partial charge in [-0.25, -0.2) is 0 Å². The van der Waals surface area contributed by atoms with Gasteiger partial charge >= 0.3 is 6.18 Å². The second-order valence-electron chi connectivity index (χ2n) is 4.82. The van der Waals surface area contributed by atoms with Crippen molar-refractivity contribution in [2.75, 3.05) is 0 Å². The number of halogens is 3. The van der Waals surface area contributed by atoms with Gasteiger partial charge in [-0.3, -0.25) is 4.79 Å². The summed E-state index contributed by atoms with van der Waals surface area (Å²) in [4.78, 5) is 11.5. The average molecular weight is 256 g/mol. The van der Waals surface area contributed by atoms with E-state index >= 15 is 0 Å². The van der Waals surface area contributed by atoms with Crippen LogP contribution >= 0.6 is 0 Å². The van der Waals surface area contributed by atoms with Crippen LogP contribution in [-0.4, -0.2) is 12.0 Å². The molecule has 0 heterocycles. The van der Waals surface area contributed by atoms with E-state index in [1.54, 1.807) is 12.1 Å². The highest BCUT2D eigenvalue weighted by Gasteiger charge is 2.31. The number of rotatable bonds is 3. The zero-order valence-corrected chi connectivity index (χ0v) is 9.96. The molecule has 1 fully saturated rings. The van der Waals surface area contributed by atoms with Gasteiger partial charge in [0.1, 0.15) is 6.42 Å². The highest BCUT2D eigenvalue weighted by Crippen LogP contribution is 2.34. The second-order valence-corrected chi connectivity index (χ2v) is 4.82. The molecular formula is C14H15F3O. The molecule has 1 aliphatic rings. The van der Waals surface area contributed by atoms with Crippen molar-refractivity contribution in [3.63, 3.8) is 0 Å². The van der Waals surface area contributed by atoms with Crippen LogP contribution in [0.5, 0.6) is 0 Å². The van der Waals surface area contributed by atoms with Crippen LogP contribution in [0.25, 0.3) is 0 Å². The van der Waals surface area contributed by atoms with Crippen molar-refractivity contribution in [3.8, 4) is 0 Å². The first-order valence-electron chi connectivity index (χ1n) is 6.15. The van der Waals surface area contributed by atoms with E-state index in [1.165, 1.54) is 6.07 Å². The summed E-state index contributed by atoms with van der Waals surface area (Å²) in [6, 6.07) is 6.67. The average Bonchev–Trinajstić information content (AvgIpc) is 2.80. The lowest BCUT2D eigenvalue weighted by molar-refractivity contribution is -0.125. The Bertz CT molecular complexity index is 431. The molecule has 0 bridgehead atoms. The number of ketones is 1. The van der Waals surface area contributed by atoms with Gasteiger partial charge < -0.3 is 0 Å². The molecule has 0 N–H and O–H groups in total. The van der Waals surface area contributed by atoms with Crippen LogP contribution in [0.1, 0.15) is 53.9 Å². The van der Waals surface area contributed by atoms with Crippen LogP contribution in [-0.2, 0) is 0 Å². The number of Topliss-reactive ketones (excluding diaryl/α,β-unsaturated/α-hetero) is 1. The van der Waals surface area contributed by atoms with Crippen LogP contribution in [0, 0.1) is 0 Å². The maximum absolute atomic E-state index is 12.2. The number of hydrogen-bond donors (Lipinski definition) is 0. The van der Waals surface area contributed by atoms with Gasteiger partial charge in [-0.15, -0.1) is 0 Å². The van der Waals surface area contributed by atoms with E-state index in [0.29, 0.717) is 5.92 Å². The first kappa shape index (κ1) is 13.1. The molecule has 0 aromatic heterocycles. The largest absolute Gasteiger partial charge is 0.396 e. The minimum Gasteiger partial charge on any atom is -0.294 e. The van der Waals surface area contributed by atoms with E-state index < -0.39 is 18.4 Å². The molecule has 0 saturated heterocycles. The summed E-state index contributed by atoms with van der Waals surface area (Å²) in [5.41, 5.74) is 1.18. The highest BCUT2D eigenvalue weighted by molar-refractivity contribution is 5.96. The molecule has 1 nitrogen and oxygen atoms in total. The van der Waals surface area contributed by atoms with Gasteiger partial charge in [0, 0.05) is 5.56 Å². The third kappa shape index (κ3) is 3.34. The predicted octanol–water partition coefficient (Wildman–Crippen LogP) is 4.48. The SMILES string of the molecule is O=C(CC(F)(F)F)c1cccc(C2CCCC2)c1. The third-order valence-corrected chi connectivity index (χ3v) is 3.40. The Hall–Kier alpha value is -1.32. The predicted molar refractivity (Wildman–Crippen MR) is 62.7 cm³/mol. The van der Waals surface area contributed by atoms with Crippen molar-refractivity contribution in [3.05, 3.63) is 35.4 Å². The summed E-state index contributed by atoms with van der Waals surface area (Å²) in [7, 11) is 0. The number of hydrogen-bond acceptors (Lipinski definition) is 1. The zero-order chi connectivity index (χ0) is 13.2. The molecule has 1 aromatic rings. The monoisotopic (exact) mass is 256 g/mol. The number of benzene rings is 1. The van der Waals surface area contributed by atoms with Gasteiger partial charge in [-0.05, 0) is 30.4 Å². The molecular weight excluding hydrogens is 241 g/mol. The quantitative estimate of drug-likeness (QED) is 0.729. The van der Waals surface area contributed by atoms with Gasteiger partial charge in [0.2, 0.25) is 0 Å². The molecule has 0 unspecified atom stereocenters. The molecule has 18 heavy (non-hydrogen) atoms. The van der Waals surface area contributed by atoms with Gasteiger partial charge in [-0.1, -0.05) is 31.0 Å². The van der Waals surface area contributed by atoms with Gasteiger partial charge in [-0.2, -0.15) is 13.2 Å². The fourth-order valence-electron chi connectivity index (χ4n) is 2.51. The van der Waals surface area contributed by atoms with E-state index in [2.05, 4.69) is 0 Å². The first-order chi connectivity index (χ1) is 8.46. The van der Waals surface area contributed by atoms with Crippen molar-refractivity contribution in [1.82, 2.24) is 0 Å². The van der Waals surface area contributed by atoms with Crippen molar-refractivity contribution in [2.45, 2.75) is 44.2 Å². The van der Waals surface area contributed by atoms with E-state index in [4.69, 9.17) is 0 Å². The zero-order valence-electron chi connectivity index (χ0n) is 9.96. The van der Waals surface area contributed by atoms with E-state index in [1.807, 2.05) is 6.07 Å². The molecule has 0 atom stereocenters. The third-order valence-electron chi connectivity index (χ3n) is 3.40. The summed E-state index contributed by atoms with van der Waals surface area (Å²) < 4.78 is 36.5. The Morgan fingerprint density at radius 3 is 2.50 bits per heavy atom. The lowest BCUT2D eigenvalue weighted by atomic mass is 9.94. The van der Waals surface area contributed by atoms with Crippen LogP contribution in [0.15, 0.2) is 24.3 Å². The van der Waals surface area contributed by atoms with Crippen LogP contribution in [0.4, 0.5) is 13.2 Å². The highest BCUT2D eigenvalue weighted by atomic mass is 19.4. The maximum atomic E-state index is 12.2. The fraction of sp³-hybridized carbons (Fsp3) is 0.500. The van der Waals surface area contributed by atoms with Crippen molar-refractivity contribution < 1.29 is 18.0 Å². The standard InChI is InChI=1S/C14H15F3O/c15-14(16,17)9-13(18)12-7-3-6-11(8-12)10-4-1-2-5-10/h3,6-8,10H,1-2,4-5,9H2. The fourth-order valence-corrected chi connectivity index (χ4v) is 2.51. The van der Waals surface area contributed by atoms with E-state index in [-0.39, 0.29) is 5.56 Å². The van der Waals surface area contributed by atoms with E-state index in [9.17, 15) is 18.0 Å². The van der Waals surface area contributed by atoms with Crippen molar-refractivity contribution in [1.29, 1.82) is 0 Å². The Labute approximate surface area is 104 Å². The second kappa shape index (κ2) is 5.12. The normalized spacial score (nSPS) is 17.1. The molecule has 0 spiro atoms. The lowest BCUT2D eigenvalue weighted by Gasteiger charge is -2.11. The van der Waals surface area contributed by atoms with Crippen molar-refractivity contribution in [2.24, 2.45) is 0 Å². The van der Waals surface area contributed by atoms with Crippen molar-refractivity contribution >= 4 is 5.78 Å². The number of alkyl halides is 3. The molecule has 0 amide bonds. The van der Waals surface area contributed by atoms with Gasteiger partial charge in [0.05, 0.1) is 0 Å². The first-order valence-corrected chi connectivity index (χ1v) is 6.15. The minimum absolute atomic E-state index is 0.178. The van der Waals surface area contributed by atoms with Crippen LogP contribution in [0.3, 0.4) is 0 Å². The molecule has 4 heteroatoms. The van der Waals surface area contributed by atoms with Crippen LogP contribution < -0.4 is 0 Å². The smallest absolute Gasteiger partial charge is 0.294 e. The van der Waals surface area contributed by atoms with Crippen LogP contribution in [0.2, 0.25) is 0 Å². The molecule has 0 aliphatic heterocycles. The summed E-state index contributed by atoms with van der Waals surface area (Å²) >= 11 is 0. The maximum Gasteiger partial charge on any atom is 0.396 e. The summed E-state index contributed by atoms with van der Waals surface area (Å²) in [6.07, 6.45) is -1.35. The molecule has 0 radical (unpaired) electrons. The lowest BCUT2D eigenvalue weighted by Crippen LogP contribution is -2.15. The minimum atomic E-state index is -4.43. The topological polar surface area (TPSA) is 17.1 Å². The molecule has 2 rings (SSSR count). The Balaban J connectivity index is 2.14. The molecule has 1 aromatic carbocycles. The van der Waals surface area contributed by atoms with E-state index in [0.717, 1.165) is 31.2 Å². The molecule has 1 aliphatic carbocycles. The Morgan fingerprint density at radius 1 is 1.22 bits per heavy atom. The summed E-state index contributed by atoms with van der Waals surface area (Å²) in [5.74, 6) is -0.439. The number of carbonyl (C=O) groups is 1. The summed E-state index contributed by atoms with van der Waals surface area (Å²) in [6.45, 7) is 0.